The van der Waals surface area contributed by atoms with E-state index in [1.165, 1.54) is 23.2 Å². The lowest BCUT2D eigenvalue weighted by Crippen LogP contribution is -2.46. The molecule has 0 bridgehead atoms. The molecule has 7 nitrogen and oxygen atoms in total. The quantitative estimate of drug-likeness (QED) is 0.768. The summed E-state index contributed by atoms with van der Waals surface area (Å²) in [6, 6.07) is 9.78. The Hall–Kier alpha value is -3.00. The molecule has 2 fully saturated rings. The van der Waals surface area contributed by atoms with E-state index in [1.54, 1.807) is 24.3 Å². The van der Waals surface area contributed by atoms with Gasteiger partial charge in [-0.25, -0.2) is 9.18 Å². The van der Waals surface area contributed by atoms with Crippen molar-refractivity contribution in [2.24, 2.45) is 5.92 Å². The van der Waals surface area contributed by atoms with E-state index in [0.29, 0.717) is 35.8 Å². The third-order valence-electron chi connectivity index (χ3n) is 6.14. The molecule has 164 valence electrons. The van der Waals surface area contributed by atoms with Crippen LogP contribution < -0.4 is 5.32 Å². The molecule has 2 aliphatic rings. The Labute approximate surface area is 180 Å². The van der Waals surface area contributed by atoms with Gasteiger partial charge >= 0.3 is 6.09 Å². The summed E-state index contributed by atoms with van der Waals surface area (Å²) >= 11 is 0. The van der Waals surface area contributed by atoms with Gasteiger partial charge in [0.25, 0.3) is 5.91 Å². The number of hydrogen-bond acceptors (Lipinski definition) is 4. The highest BCUT2D eigenvalue weighted by Crippen LogP contribution is 2.21. The van der Waals surface area contributed by atoms with Gasteiger partial charge in [-0.1, -0.05) is 12.1 Å². The Balaban J connectivity index is 1.24. The van der Waals surface area contributed by atoms with E-state index in [4.69, 9.17) is 5.11 Å². The Kier molecular flexibility index (Phi) is 6.46. The minimum atomic E-state index is -0.831. The maximum Gasteiger partial charge on any atom is 0.407 e. The van der Waals surface area contributed by atoms with Crippen LogP contribution in [0.1, 0.15) is 29.6 Å². The number of piperidine rings is 1. The van der Waals surface area contributed by atoms with Crippen molar-refractivity contribution in [3.8, 4) is 11.3 Å². The van der Waals surface area contributed by atoms with Crippen LogP contribution in [0.5, 0.6) is 0 Å². The number of likely N-dealkylation sites (tertiary alicyclic amines) is 2. The first kappa shape index (κ1) is 21.2. The van der Waals surface area contributed by atoms with E-state index in [1.807, 2.05) is 0 Å². The van der Waals surface area contributed by atoms with Crippen LogP contribution in [0, 0.1) is 11.7 Å². The van der Waals surface area contributed by atoms with Crippen molar-refractivity contribution in [1.29, 1.82) is 0 Å². The Bertz CT molecular complexity index is 929. The van der Waals surface area contributed by atoms with Gasteiger partial charge in [0.15, 0.2) is 0 Å². The number of nitrogens with zero attached hydrogens (tertiary/aromatic N) is 3. The zero-order chi connectivity index (χ0) is 21.8. The lowest BCUT2D eigenvalue weighted by atomic mass is 10.0. The molecule has 1 aromatic heterocycles. The lowest BCUT2D eigenvalue weighted by Gasteiger charge is -2.33. The largest absolute Gasteiger partial charge is 0.465 e. The Morgan fingerprint density at radius 3 is 2.58 bits per heavy atom. The van der Waals surface area contributed by atoms with Gasteiger partial charge in [0.05, 0.1) is 11.3 Å². The van der Waals surface area contributed by atoms with Gasteiger partial charge in [-0.3, -0.25) is 9.78 Å². The van der Waals surface area contributed by atoms with Gasteiger partial charge in [0.2, 0.25) is 0 Å². The van der Waals surface area contributed by atoms with Gasteiger partial charge in [0.1, 0.15) is 5.82 Å². The number of benzene rings is 1. The van der Waals surface area contributed by atoms with Crippen molar-refractivity contribution in [2.75, 3.05) is 32.7 Å². The summed E-state index contributed by atoms with van der Waals surface area (Å²) in [6.07, 6.45) is 3.36. The second-order valence-electron chi connectivity index (χ2n) is 8.37. The van der Waals surface area contributed by atoms with Crippen molar-refractivity contribution in [3.63, 3.8) is 0 Å². The Morgan fingerprint density at radius 1 is 1.13 bits per heavy atom. The molecule has 31 heavy (non-hydrogen) atoms. The number of carbonyl (C=O) groups is 2. The molecule has 4 rings (SSSR count). The number of carboxylic acid groups (broad SMARTS) is 1. The maximum atomic E-state index is 13.4. The molecule has 2 aliphatic heterocycles. The topological polar surface area (TPSA) is 85.8 Å². The fraction of sp³-hybridized carbons (Fsp3) is 0.435. The summed E-state index contributed by atoms with van der Waals surface area (Å²) < 4.78 is 13.4. The molecular formula is C23H27FN4O3. The van der Waals surface area contributed by atoms with Crippen LogP contribution in [-0.2, 0) is 0 Å². The zero-order valence-electron chi connectivity index (χ0n) is 17.3. The van der Waals surface area contributed by atoms with Crippen LogP contribution in [0.3, 0.4) is 0 Å². The van der Waals surface area contributed by atoms with E-state index in [-0.39, 0.29) is 17.8 Å². The standard InChI is InChI=1S/C23H27FN4O3/c24-19-3-1-2-17(12-19)21-5-4-18(13-25-21)22(29)26-20-7-9-27(10-8-20)14-16-6-11-28(15-16)23(30)31/h1-5,12-13,16,20H,6-11,14-15H2,(H,26,29)(H,30,31). The summed E-state index contributed by atoms with van der Waals surface area (Å²) in [5.41, 5.74) is 1.79. The second kappa shape index (κ2) is 9.43. The molecule has 2 aromatic rings. The maximum absolute atomic E-state index is 13.4. The molecule has 1 atom stereocenters. The smallest absolute Gasteiger partial charge is 0.407 e. The van der Waals surface area contributed by atoms with E-state index in [2.05, 4.69) is 15.2 Å². The van der Waals surface area contributed by atoms with E-state index >= 15 is 0 Å². The van der Waals surface area contributed by atoms with Crippen molar-refractivity contribution >= 4 is 12.0 Å². The van der Waals surface area contributed by atoms with E-state index < -0.39 is 6.09 Å². The third kappa shape index (κ3) is 5.38. The minimum Gasteiger partial charge on any atom is -0.465 e. The fourth-order valence-corrected chi connectivity index (χ4v) is 4.40. The molecule has 1 unspecified atom stereocenters. The van der Waals surface area contributed by atoms with Gasteiger partial charge in [-0.2, -0.15) is 0 Å². The summed E-state index contributed by atoms with van der Waals surface area (Å²) in [7, 11) is 0. The van der Waals surface area contributed by atoms with Crippen LogP contribution in [0.25, 0.3) is 11.3 Å². The van der Waals surface area contributed by atoms with Crippen molar-refractivity contribution in [1.82, 2.24) is 20.1 Å². The van der Waals surface area contributed by atoms with E-state index in [9.17, 15) is 14.0 Å². The van der Waals surface area contributed by atoms with Crippen LogP contribution in [0.2, 0.25) is 0 Å². The SMILES string of the molecule is O=C(NC1CCN(CC2CCN(C(=O)O)C2)CC1)c1ccc(-c2cccc(F)c2)nc1. The predicted molar refractivity (Wildman–Crippen MR) is 114 cm³/mol. The molecule has 8 heteroatoms. The number of halogens is 1. The molecule has 0 spiro atoms. The average Bonchev–Trinajstić information content (AvgIpc) is 3.24. The lowest BCUT2D eigenvalue weighted by molar-refractivity contribution is 0.0905. The molecular weight excluding hydrogens is 399 g/mol. The van der Waals surface area contributed by atoms with Crippen LogP contribution >= 0.6 is 0 Å². The molecule has 2 saturated heterocycles. The molecule has 1 aromatic carbocycles. The van der Waals surface area contributed by atoms with Gasteiger partial charge < -0.3 is 20.2 Å². The molecule has 3 heterocycles. The first-order chi connectivity index (χ1) is 15.0. The minimum absolute atomic E-state index is 0.116. The number of carbonyl (C=O) groups excluding carboxylic acids is 1. The van der Waals surface area contributed by atoms with E-state index in [0.717, 1.165) is 38.9 Å². The highest BCUT2D eigenvalue weighted by molar-refractivity contribution is 5.94. The monoisotopic (exact) mass is 426 g/mol. The molecule has 2 N–H and O–H groups in total. The van der Waals surface area contributed by atoms with Crippen molar-refractivity contribution < 1.29 is 19.1 Å². The summed E-state index contributed by atoms with van der Waals surface area (Å²) in [5, 5.41) is 12.2. The molecule has 0 aliphatic carbocycles. The Morgan fingerprint density at radius 2 is 1.94 bits per heavy atom. The van der Waals surface area contributed by atoms with Gasteiger partial charge in [-0.15, -0.1) is 0 Å². The first-order valence-corrected chi connectivity index (χ1v) is 10.7. The number of rotatable bonds is 5. The number of aromatic nitrogens is 1. The number of nitrogens with one attached hydrogen (secondary N) is 1. The number of hydrogen-bond donors (Lipinski definition) is 2. The van der Waals surface area contributed by atoms with Gasteiger partial charge in [-0.05, 0) is 49.4 Å². The summed E-state index contributed by atoms with van der Waals surface area (Å²) in [6.45, 7) is 3.94. The molecule has 2 amide bonds. The molecule has 0 radical (unpaired) electrons. The highest BCUT2D eigenvalue weighted by Gasteiger charge is 2.29. The van der Waals surface area contributed by atoms with Crippen LogP contribution in [0.15, 0.2) is 42.6 Å². The predicted octanol–water partition coefficient (Wildman–Crippen LogP) is 3.08. The number of pyridine rings is 1. The molecule has 0 saturated carbocycles. The second-order valence-corrected chi connectivity index (χ2v) is 8.37. The van der Waals surface area contributed by atoms with Gasteiger partial charge in [0, 0.05) is 50.5 Å². The zero-order valence-corrected chi connectivity index (χ0v) is 17.3. The van der Waals surface area contributed by atoms with Crippen LogP contribution in [-0.4, -0.2) is 70.7 Å². The fourth-order valence-electron chi connectivity index (χ4n) is 4.40. The third-order valence-corrected chi connectivity index (χ3v) is 6.14. The normalized spacial score (nSPS) is 20.0. The summed E-state index contributed by atoms with van der Waals surface area (Å²) in [4.78, 5) is 31.8. The first-order valence-electron chi connectivity index (χ1n) is 10.7. The van der Waals surface area contributed by atoms with Crippen molar-refractivity contribution in [2.45, 2.75) is 25.3 Å². The van der Waals surface area contributed by atoms with Crippen molar-refractivity contribution in [3.05, 3.63) is 54.0 Å². The highest BCUT2D eigenvalue weighted by atomic mass is 19.1. The average molecular weight is 426 g/mol. The summed E-state index contributed by atoms with van der Waals surface area (Å²) in [5.74, 6) is -0.0749. The number of amides is 2. The van der Waals surface area contributed by atoms with Crippen LogP contribution in [0.4, 0.5) is 9.18 Å².